The summed E-state index contributed by atoms with van der Waals surface area (Å²) in [7, 11) is 1.85. The summed E-state index contributed by atoms with van der Waals surface area (Å²) in [6.07, 6.45) is 5.79. The van der Waals surface area contributed by atoms with Crippen LogP contribution in [0, 0.1) is 5.82 Å². The van der Waals surface area contributed by atoms with E-state index in [4.69, 9.17) is 5.73 Å². The number of imidazole rings is 1. The van der Waals surface area contributed by atoms with Gasteiger partial charge in [0.25, 0.3) is 0 Å². The lowest BCUT2D eigenvalue weighted by Crippen LogP contribution is -2.17. The molecule has 21 heavy (non-hydrogen) atoms. The summed E-state index contributed by atoms with van der Waals surface area (Å²) < 4.78 is 17.8. The summed E-state index contributed by atoms with van der Waals surface area (Å²) >= 11 is 0. The number of fused-ring (bicyclic) bond motifs is 1. The molecule has 1 aliphatic carbocycles. The molecule has 0 saturated heterocycles. The van der Waals surface area contributed by atoms with Crippen LogP contribution < -0.4 is 5.73 Å². The molecule has 3 aromatic rings. The van der Waals surface area contributed by atoms with Crippen LogP contribution in [0.1, 0.15) is 36.3 Å². The molecule has 1 unspecified atom stereocenters. The first-order valence-corrected chi connectivity index (χ1v) is 7.05. The molecular weight excluding hydrogens is 269 g/mol. The van der Waals surface area contributed by atoms with E-state index in [-0.39, 0.29) is 5.82 Å². The Morgan fingerprint density at radius 2 is 2.19 bits per heavy atom. The lowest BCUT2D eigenvalue weighted by atomic mass is 10.1. The van der Waals surface area contributed by atoms with Gasteiger partial charge in [-0.25, -0.2) is 9.37 Å². The molecule has 0 aliphatic heterocycles. The molecule has 1 aliphatic rings. The number of rotatable bonds is 3. The van der Waals surface area contributed by atoms with Crippen molar-refractivity contribution < 1.29 is 4.39 Å². The summed E-state index contributed by atoms with van der Waals surface area (Å²) in [6, 6.07) is 5.05. The van der Waals surface area contributed by atoms with E-state index < -0.39 is 6.04 Å². The number of para-hydroxylation sites is 1. The molecular formula is C15H16FN5. The van der Waals surface area contributed by atoms with Crippen LogP contribution in [-0.4, -0.2) is 19.3 Å². The van der Waals surface area contributed by atoms with Crippen molar-refractivity contribution in [1.29, 1.82) is 0 Å². The summed E-state index contributed by atoms with van der Waals surface area (Å²) in [5.74, 6) is 0.414. The highest BCUT2D eigenvalue weighted by molar-refractivity contribution is 5.77. The van der Waals surface area contributed by atoms with E-state index in [0.29, 0.717) is 17.4 Å². The third kappa shape index (κ3) is 1.94. The molecule has 0 amide bonds. The molecule has 0 radical (unpaired) electrons. The van der Waals surface area contributed by atoms with Crippen molar-refractivity contribution in [1.82, 2.24) is 19.3 Å². The molecule has 5 nitrogen and oxygen atoms in total. The molecule has 2 aromatic heterocycles. The summed E-state index contributed by atoms with van der Waals surface area (Å²) in [5.41, 5.74) is 8.46. The van der Waals surface area contributed by atoms with Gasteiger partial charge in [0.2, 0.25) is 0 Å². The second-order valence-corrected chi connectivity index (χ2v) is 5.60. The zero-order chi connectivity index (χ0) is 14.6. The van der Waals surface area contributed by atoms with E-state index in [1.807, 2.05) is 19.3 Å². The highest BCUT2D eigenvalue weighted by Gasteiger charge is 2.31. The number of aromatic nitrogens is 4. The standard InChI is InChI=1S/C15H16FN5/c1-20-8-9(7-18-20)13(17)15-19-14-11(16)3-2-4-12(14)21(15)10-5-6-10/h2-4,7-8,10,13H,5-6,17H2,1H3. The number of benzene rings is 1. The van der Waals surface area contributed by atoms with Crippen molar-refractivity contribution in [2.45, 2.75) is 24.9 Å². The van der Waals surface area contributed by atoms with Crippen molar-refractivity contribution in [2.75, 3.05) is 0 Å². The Labute approximate surface area is 121 Å². The van der Waals surface area contributed by atoms with Crippen molar-refractivity contribution in [3.05, 3.63) is 47.8 Å². The van der Waals surface area contributed by atoms with Crippen LogP contribution in [-0.2, 0) is 7.05 Å². The van der Waals surface area contributed by atoms with E-state index >= 15 is 0 Å². The third-order valence-corrected chi connectivity index (χ3v) is 3.97. The van der Waals surface area contributed by atoms with Crippen LogP contribution in [0.3, 0.4) is 0 Å². The number of halogens is 1. The first kappa shape index (κ1) is 12.5. The van der Waals surface area contributed by atoms with Crippen LogP contribution in [0.15, 0.2) is 30.6 Å². The molecule has 1 atom stereocenters. The van der Waals surface area contributed by atoms with E-state index in [1.165, 1.54) is 6.07 Å². The molecule has 0 spiro atoms. The number of hydrogen-bond acceptors (Lipinski definition) is 3. The number of aryl methyl sites for hydroxylation is 1. The van der Waals surface area contributed by atoms with E-state index in [2.05, 4.69) is 14.6 Å². The molecule has 2 heterocycles. The zero-order valence-corrected chi connectivity index (χ0v) is 11.7. The normalized spacial score (nSPS) is 16.5. The van der Waals surface area contributed by atoms with Crippen LogP contribution >= 0.6 is 0 Å². The highest BCUT2D eigenvalue weighted by atomic mass is 19.1. The Hall–Kier alpha value is -2.21. The van der Waals surface area contributed by atoms with E-state index in [9.17, 15) is 4.39 Å². The van der Waals surface area contributed by atoms with Gasteiger partial charge in [0.15, 0.2) is 5.82 Å². The average Bonchev–Trinajstić information content (AvgIpc) is 3.08. The van der Waals surface area contributed by atoms with Crippen molar-refractivity contribution >= 4 is 11.0 Å². The molecule has 2 N–H and O–H groups in total. The largest absolute Gasteiger partial charge is 0.323 e. The fourth-order valence-corrected chi connectivity index (χ4v) is 2.79. The number of nitrogens with two attached hydrogens (primary N) is 1. The lowest BCUT2D eigenvalue weighted by Gasteiger charge is -2.12. The summed E-state index contributed by atoms with van der Waals surface area (Å²) in [5, 5.41) is 4.15. The minimum atomic E-state index is -0.397. The van der Waals surface area contributed by atoms with Gasteiger partial charge < -0.3 is 10.3 Å². The maximum absolute atomic E-state index is 14.0. The maximum atomic E-state index is 14.0. The van der Waals surface area contributed by atoms with Crippen LogP contribution in [0.25, 0.3) is 11.0 Å². The quantitative estimate of drug-likeness (QED) is 0.803. The van der Waals surface area contributed by atoms with Gasteiger partial charge >= 0.3 is 0 Å². The minimum absolute atomic E-state index is 0.300. The first-order chi connectivity index (χ1) is 10.1. The Bertz CT molecular complexity index is 815. The van der Waals surface area contributed by atoms with Crippen molar-refractivity contribution in [2.24, 2.45) is 12.8 Å². The number of hydrogen-bond donors (Lipinski definition) is 1. The Morgan fingerprint density at radius 1 is 1.38 bits per heavy atom. The molecule has 1 fully saturated rings. The Morgan fingerprint density at radius 3 is 2.86 bits per heavy atom. The molecule has 1 aromatic carbocycles. The fourth-order valence-electron chi connectivity index (χ4n) is 2.79. The summed E-state index contributed by atoms with van der Waals surface area (Å²) in [4.78, 5) is 4.48. The Balaban J connectivity index is 1.91. The second-order valence-electron chi connectivity index (χ2n) is 5.60. The SMILES string of the molecule is Cn1cc(C(N)c2nc3c(F)cccc3n2C2CC2)cn1. The van der Waals surface area contributed by atoms with Crippen LogP contribution in [0.4, 0.5) is 4.39 Å². The van der Waals surface area contributed by atoms with Gasteiger partial charge in [0, 0.05) is 24.8 Å². The topological polar surface area (TPSA) is 61.7 Å². The fraction of sp³-hybridized carbons (Fsp3) is 0.333. The molecule has 1 saturated carbocycles. The molecule has 108 valence electrons. The number of nitrogens with zero attached hydrogens (tertiary/aromatic N) is 4. The second kappa shape index (κ2) is 4.39. The van der Waals surface area contributed by atoms with Gasteiger partial charge in [0.05, 0.1) is 17.8 Å². The maximum Gasteiger partial charge on any atom is 0.151 e. The molecule has 6 heteroatoms. The van der Waals surface area contributed by atoms with Gasteiger partial charge in [-0.05, 0) is 25.0 Å². The van der Waals surface area contributed by atoms with Gasteiger partial charge in [-0.2, -0.15) is 5.10 Å². The zero-order valence-electron chi connectivity index (χ0n) is 11.7. The van der Waals surface area contributed by atoms with Gasteiger partial charge in [-0.15, -0.1) is 0 Å². The van der Waals surface area contributed by atoms with Crippen LogP contribution in [0.2, 0.25) is 0 Å². The minimum Gasteiger partial charge on any atom is -0.323 e. The third-order valence-electron chi connectivity index (χ3n) is 3.97. The van der Waals surface area contributed by atoms with Gasteiger partial charge in [-0.3, -0.25) is 4.68 Å². The first-order valence-electron chi connectivity index (χ1n) is 7.05. The van der Waals surface area contributed by atoms with Crippen molar-refractivity contribution in [3.63, 3.8) is 0 Å². The van der Waals surface area contributed by atoms with E-state index in [1.54, 1.807) is 16.9 Å². The average molecular weight is 285 g/mol. The predicted octanol–water partition coefficient (Wildman–Crippen LogP) is 2.29. The smallest absolute Gasteiger partial charge is 0.151 e. The monoisotopic (exact) mass is 285 g/mol. The lowest BCUT2D eigenvalue weighted by molar-refractivity contribution is 0.636. The van der Waals surface area contributed by atoms with Crippen molar-refractivity contribution in [3.8, 4) is 0 Å². The van der Waals surface area contributed by atoms with Gasteiger partial charge in [0.1, 0.15) is 11.3 Å². The molecule has 4 rings (SSSR count). The van der Waals surface area contributed by atoms with Crippen LogP contribution in [0.5, 0.6) is 0 Å². The Kier molecular flexibility index (Phi) is 2.62. The molecule has 0 bridgehead atoms. The summed E-state index contributed by atoms with van der Waals surface area (Å²) in [6.45, 7) is 0. The van der Waals surface area contributed by atoms with E-state index in [0.717, 1.165) is 23.9 Å². The highest BCUT2D eigenvalue weighted by Crippen LogP contribution is 2.40. The predicted molar refractivity (Wildman–Crippen MR) is 77.2 cm³/mol. The van der Waals surface area contributed by atoms with Gasteiger partial charge in [-0.1, -0.05) is 6.07 Å².